The number of rotatable bonds is 6. The number of hydrogen-bond donors (Lipinski definition) is 2. The summed E-state index contributed by atoms with van der Waals surface area (Å²) in [7, 11) is -2.32. The molecule has 0 fully saturated rings. The molecular formula is C14H16N2O4S. The molecule has 2 rings (SSSR count). The second kappa shape index (κ2) is 6.66. The lowest BCUT2D eigenvalue weighted by molar-refractivity contribution is -0.131. The summed E-state index contributed by atoms with van der Waals surface area (Å²) in [6.07, 6.45) is 0.000646. The summed E-state index contributed by atoms with van der Waals surface area (Å²) in [5.41, 5.74) is 2.12. The van der Waals surface area contributed by atoms with Crippen molar-refractivity contribution in [2.24, 2.45) is 0 Å². The maximum atomic E-state index is 12.1. The van der Waals surface area contributed by atoms with E-state index in [0.717, 1.165) is 10.8 Å². The molecule has 0 aliphatic carbocycles. The standard InChI is InChI=1S/C14H16N2O4S/c1-20-16-14(17)8-9-15-21(18,19)13-7-6-11-4-2-3-5-12(11)10-13/h2-7,10,15H,8-9H2,1H3,(H,16,17). The molecule has 0 bridgehead atoms. The Morgan fingerprint density at radius 2 is 1.86 bits per heavy atom. The highest BCUT2D eigenvalue weighted by Crippen LogP contribution is 2.18. The van der Waals surface area contributed by atoms with Gasteiger partial charge in [-0.2, -0.15) is 0 Å². The van der Waals surface area contributed by atoms with Crippen molar-refractivity contribution in [2.45, 2.75) is 11.3 Å². The van der Waals surface area contributed by atoms with Crippen LogP contribution in [0.25, 0.3) is 10.8 Å². The summed E-state index contributed by atoms with van der Waals surface area (Å²) in [6.45, 7) is 0.00432. The van der Waals surface area contributed by atoms with E-state index in [4.69, 9.17) is 0 Å². The number of carbonyl (C=O) groups excluding carboxylic acids is 1. The Kier molecular flexibility index (Phi) is 4.89. The van der Waals surface area contributed by atoms with Gasteiger partial charge in [0.2, 0.25) is 15.9 Å². The van der Waals surface area contributed by atoms with Gasteiger partial charge >= 0.3 is 0 Å². The van der Waals surface area contributed by atoms with Gasteiger partial charge in [0, 0.05) is 13.0 Å². The van der Waals surface area contributed by atoms with E-state index >= 15 is 0 Å². The van der Waals surface area contributed by atoms with Gasteiger partial charge in [0.05, 0.1) is 12.0 Å². The van der Waals surface area contributed by atoms with E-state index in [1.165, 1.54) is 7.11 Å². The molecule has 0 unspecified atom stereocenters. The van der Waals surface area contributed by atoms with Gasteiger partial charge < -0.3 is 0 Å². The minimum absolute atomic E-state index is 0.000646. The third-order valence-corrected chi connectivity index (χ3v) is 4.35. The fourth-order valence-electron chi connectivity index (χ4n) is 1.88. The third kappa shape index (κ3) is 4.01. The zero-order chi connectivity index (χ0) is 15.3. The Morgan fingerprint density at radius 1 is 1.14 bits per heavy atom. The lowest BCUT2D eigenvalue weighted by atomic mass is 10.1. The SMILES string of the molecule is CONC(=O)CCNS(=O)(=O)c1ccc2ccccc2c1. The quantitative estimate of drug-likeness (QED) is 0.785. The second-order valence-electron chi connectivity index (χ2n) is 4.39. The molecule has 6 nitrogen and oxygen atoms in total. The van der Waals surface area contributed by atoms with Crippen molar-refractivity contribution >= 4 is 26.7 Å². The van der Waals surface area contributed by atoms with Crippen LogP contribution in [0.1, 0.15) is 6.42 Å². The smallest absolute Gasteiger partial charge is 0.244 e. The molecule has 2 aromatic rings. The van der Waals surface area contributed by atoms with E-state index < -0.39 is 15.9 Å². The van der Waals surface area contributed by atoms with Crippen molar-refractivity contribution in [3.8, 4) is 0 Å². The van der Waals surface area contributed by atoms with Gasteiger partial charge in [-0.25, -0.2) is 18.6 Å². The summed E-state index contributed by atoms with van der Waals surface area (Å²) in [6, 6.07) is 12.4. The van der Waals surface area contributed by atoms with Crippen LogP contribution < -0.4 is 10.2 Å². The topological polar surface area (TPSA) is 84.5 Å². The Balaban J connectivity index is 2.09. The zero-order valence-electron chi connectivity index (χ0n) is 11.5. The van der Waals surface area contributed by atoms with E-state index in [-0.39, 0.29) is 17.9 Å². The van der Waals surface area contributed by atoms with Crippen LogP contribution in [0, 0.1) is 0 Å². The van der Waals surface area contributed by atoms with Crippen LogP contribution >= 0.6 is 0 Å². The van der Waals surface area contributed by atoms with Gasteiger partial charge in [-0.05, 0) is 22.9 Å². The predicted molar refractivity (Wildman–Crippen MR) is 78.9 cm³/mol. The molecule has 0 aliphatic heterocycles. The van der Waals surface area contributed by atoms with Gasteiger partial charge in [-0.3, -0.25) is 9.63 Å². The molecule has 112 valence electrons. The van der Waals surface area contributed by atoms with Crippen LogP contribution in [0.2, 0.25) is 0 Å². The van der Waals surface area contributed by atoms with Crippen LogP contribution in [0.5, 0.6) is 0 Å². The number of amides is 1. The summed E-state index contributed by atoms with van der Waals surface area (Å²) in [4.78, 5) is 15.8. The second-order valence-corrected chi connectivity index (χ2v) is 6.15. The zero-order valence-corrected chi connectivity index (χ0v) is 12.3. The van der Waals surface area contributed by atoms with Crippen LogP contribution in [-0.4, -0.2) is 28.0 Å². The maximum absolute atomic E-state index is 12.1. The number of hydroxylamine groups is 1. The van der Waals surface area contributed by atoms with Crippen molar-refractivity contribution < 1.29 is 18.0 Å². The Hall–Kier alpha value is -1.96. The fraction of sp³-hybridized carbons (Fsp3) is 0.214. The van der Waals surface area contributed by atoms with E-state index in [1.807, 2.05) is 24.3 Å². The van der Waals surface area contributed by atoms with Crippen LogP contribution in [0.3, 0.4) is 0 Å². The highest BCUT2D eigenvalue weighted by atomic mass is 32.2. The lowest BCUT2D eigenvalue weighted by Crippen LogP contribution is -2.30. The first-order chi connectivity index (χ1) is 10.0. The normalized spacial score (nSPS) is 11.5. The molecule has 21 heavy (non-hydrogen) atoms. The Morgan fingerprint density at radius 3 is 2.57 bits per heavy atom. The molecule has 0 aliphatic rings. The fourth-order valence-corrected chi connectivity index (χ4v) is 2.95. The lowest BCUT2D eigenvalue weighted by Gasteiger charge is -2.07. The number of benzene rings is 2. The molecule has 0 spiro atoms. The molecule has 0 aromatic heterocycles. The molecule has 0 atom stereocenters. The van der Waals surface area contributed by atoms with E-state index in [2.05, 4.69) is 15.0 Å². The number of sulfonamides is 1. The third-order valence-electron chi connectivity index (χ3n) is 2.89. The predicted octanol–water partition coefficient (Wildman–Crippen LogP) is 1.19. The molecule has 0 heterocycles. The molecule has 7 heteroatoms. The molecule has 0 saturated carbocycles. The first-order valence-corrected chi connectivity index (χ1v) is 7.81. The minimum Gasteiger partial charge on any atom is -0.277 e. The van der Waals surface area contributed by atoms with Gasteiger partial charge in [-0.1, -0.05) is 30.3 Å². The number of hydrogen-bond acceptors (Lipinski definition) is 4. The monoisotopic (exact) mass is 308 g/mol. The summed E-state index contributed by atoms with van der Waals surface area (Å²) in [5.74, 6) is -0.390. The van der Waals surface area contributed by atoms with Crippen molar-refractivity contribution in [3.05, 3.63) is 42.5 Å². The van der Waals surface area contributed by atoms with Crippen LogP contribution in [0.4, 0.5) is 0 Å². The average molecular weight is 308 g/mol. The number of nitrogens with one attached hydrogen (secondary N) is 2. The van der Waals surface area contributed by atoms with Gasteiger partial charge in [-0.15, -0.1) is 0 Å². The van der Waals surface area contributed by atoms with Gasteiger partial charge in [0.25, 0.3) is 0 Å². The average Bonchev–Trinajstić information content (AvgIpc) is 2.47. The van der Waals surface area contributed by atoms with Gasteiger partial charge in [0.15, 0.2) is 0 Å². The highest BCUT2D eigenvalue weighted by Gasteiger charge is 2.14. The highest BCUT2D eigenvalue weighted by molar-refractivity contribution is 7.89. The Labute approximate surface area is 123 Å². The number of carbonyl (C=O) groups is 1. The molecular weight excluding hydrogens is 292 g/mol. The minimum atomic E-state index is -3.63. The van der Waals surface area contributed by atoms with Crippen molar-refractivity contribution in [3.63, 3.8) is 0 Å². The van der Waals surface area contributed by atoms with E-state index in [1.54, 1.807) is 18.2 Å². The van der Waals surface area contributed by atoms with Crippen LogP contribution in [0.15, 0.2) is 47.4 Å². The van der Waals surface area contributed by atoms with E-state index in [0.29, 0.717) is 0 Å². The maximum Gasteiger partial charge on any atom is 0.244 e. The Bertz CT molecular complexity index is 743. The van der Waals surface area contributed by atoms with Crippen molar-refractivity contribution in [1.29, 1.82) is 0 Å². The summed E-state index contributed by atoms with van der Waals surface area (Å²) < 4.78 is 26.7. The van der Waals surface area contributed by atoms with Gasteiger partial charge in [0.1, 0.15) is 0 Å². The molecule has 0 saturated heterocycles. The van der Waals surface area contributed by atoms with Crippen molar-refractivity contribution in [2.75, 3.05) is 13.7 Å². The molecule has 0 radical (unpaired) electrons. The summed E-state index contributed by atoms with van der Waals surface area (Å²) in [5, 5.41) is 1.81. The molecule has 2 aromatic carbocycles. The summed E-state index contributed by atoms with van der Waals surface area (Å²) >= 11 is 0. The number of fused-ring (bicyclic) bond motifs is 1. The largest absolute Gasteiger partial charge is 0.277 e. The van der Waals surface area contributed by atoms with Crippen LogP contribution in [-0.2, 0) is 19.7 Å². The first kappa shape index (κ1) is 15.4. The molecule has 1 amide bonds. The molecule has 2 N–H and O–H groups in total. The van der Waals surface area contributed by atoms with E-state index in [9.17, 15) is 13.2 Å². The van der Waals surface area contributed by atoms with Crippen molar-refractivity contribution in [1.82, 2.24) is 10.2 Å². The first-order valence-electron chi connectivity index (χ1n) is 6.33.